The molecule has 2 amide bonds. The van der Waals surface area contributed by atoms with Gasteiger partial charge in [-0.2, -0.15) is 4.98 Å². The summed E-state index contributed by atoms with van der Waals surface area (Å²) < 4.78 is 16.0. The molecule has 2 aromatic heterocycles. The molecule has 32 heavy (non-hydrogen) atoms. The van der Waals surface area contributed by atoms with Crippen LogP contribution in [-0.4, -0.2) is 54.1 Å². The first-order valence-corrected chi connectivity index (χ1v) is 11.4. The number of nitrogens with zero attached hydrogens (tertiary/aromatic N) is 4. The zero-order valence-electron chi connectivity index (χ0n) is 17.7. The van der Waals surface area contributed by atoms with E-state index in [1.54, 1.807) is 7.11 Å². The Balaban J connectivity index is 1.22. The number of carbonyl (C=O) groups is 1. The average molecular weight is 457 g/mol. The first kappa shape index (κ1) is 20.7. The van der Waals surface area contributed by atoms with Crippen molar-refractivity contribution in [2.24, 2.45) is 0 Å². The fourth-order valence-electron chi connectivity index (χ4n) is 3.77. The smallest absolute Gasteiger partial charge is 0.324 e. The number of anilines is 2. The van der Waals surface area contributed by atoms with Gasteiger partial charge in [-0.05, 0) is 37.1 Å². The number of hydrogen-bond donors (Lipinski definition) is 2. The number of fused-ring (bicyclic) bond motifs is 1. The zero-order chi connectivity index (χ0) is 21.9. The third kappa shape index (κ3) is 4.53. The molecule has 0 aliphatic carbocycles. The van der Waals surface area contributed by atoms with Gasteiger partial charge >= 0.3 is 12.0 Å². The fraction of sp³-hybridized carbons (Fsp3) is 0.429. The standard InChI is InChI=1S/C21H24N6O4S/c1-29-15-4-2-13(3-5-15)18-24-21(31-26-18)27-9-6-16-17(12-27)32-20(23-16)25-19(28)22-14-7-10-30-11-8-14/h2-5,14H,6-12H2,1H3,(H2,22,23,25,28). The second-order valence-corrected chi connectivity index (χ2v) is 8.76. The Labute approximate surface area is 188 Å². The van der Waals surface area contributed by atoms with Crippen LogP contribution in [0.4, 0.5) is 15.9 Å². The molecule has 11 heteroatoms. The number of rotatable bonds is 5. The molecule has 0 spiro atoms. The van der Waals surface area contributed by atoms with E-state index in [-0.39, 0.29) is 12.1 Å². The number of carbonyl (C=O) groups excluding carboxylic acids is 1. The van der Waals surface area contributed by atoms with Gasteiger partial charge in [0.25, 0.3) is 0 Å². The Kier molecular flexibility index (Phi) is 5.91. The Bertz CT molecular complexity index is 1080. The number of benzene rings is 1. The molecule has 1 aromatic carbocycles. The monoisotopic (exact) mass is 456 g/mol. The molecule has 2 N–H and O–H groups in total. The Hall–Kier alpha value is -3.18. The second kappa shape index (κ2) is 9.13. The van der Waals surface area contributed by atoms with Crippen molar-refractivity contribution < 1.29 is 18.8 Å². The second-order valence-electron chi connectivity index (χ2n) is 7.67. The third-order valence-corrected chi connectivity index (χ3v) is 6.54. The van der Waals surface area contributed by atoms with Crippen LogP contribution in [0, 0.1) is 0 Å². The van der Waals surface area contributed by atoms with Gasteiger partial charge in [0, 0.05) is 42.7 Å². The molecule has 168 valence electrons. The number of aromatic nitrogens is 3. The Morgan fingerprint density at radius 1 is 1.22 bits per heavy atom. The van der Waals surface area contributed by atoms with Crippen LogP contribution in [0.1, 0.15) is 23.4 Å². The maximum absolute atomic E-state index is 12.3. The van der Waals surface area contributed by atoms with E-state index in [9.17, 15) is 4.79 Å². The molecule has 2 aliphatic rings. The minimum atomic E-state index is -0.221. The van der Waals surface area contributed by atoms with Gasteiger partial charge in [0.15, 0.2) is 5.13 Å². The first-order valence-electron chi connectivity index (χ1n) is 10.5. The topological polar surface area (TPSA) is 115 Å². The molecule has 0 unspecified atom stereocenters. The van der Waals surface area contributed by atoms with Gasteiger partial charge in [-0.1, -0.05) is 16.5 Å². The number of amides is 2. The van der Waals surface area contributed by atoms with Crippen LogP contribution < -0.4 is 20.3 Å². The van der Waals surface area contributed by atoms with Crippen molar-refractivity contribution in [3.8, 4) is 17.1 Å². The minimum absolute atomic E-state index is 0.145. The minimum Gasteiger partial charge on any atom is -0.497 e. The molecular formula is C21H24N6O4S. The van der Waals surface area contributed by atoms with Gasteiger partial charge in [0.1, 0.15) is 5.75 Å². The lowest BCUT2D eigenvalue weighted by atomic mass is 10.1. The summed E-state index contributed by atoms with van der Waals surface area (Å²) >= 11 is 1.48. The van der Waals surface area contributed by atoms with Crippen LogP contribution in [-0.2, 0) is 17.7 Å². The lowest BCUT2D eigenvalue weighted by Crippen LogP contribution is -2.41. The number of thiazole rings is 1. The summed E-state index contributed by atoms with van der Waals surface area (Å²) in [6, 6.07) is 7.92. The lowest BCUT2D eigenvalue weighted by Gasteiger charge is -2.23. The van der Waals surface area contributed by atoms with Crippen LogP contribution >= 0.6 is 11.3 Å². The van der Waals surface area contributed by atoms with Gasteiger partial charge in [-0.3, -0.25) is 5.32 Å². The van der Waals surface area contributed by atoms with E-state index in [4.69, 9.17) is 14.0 Å². The van der Waals surface area contributed by atoms with Crippen molar-refractivity contribution >= 4 is 28.5 Å². The average Bonchev–Trinajstić information content (AvgIpc) is 3.46. The molecule has 3 aromatic rings. The van der Waals surface area contributed by atoms with Crippen LogP contribution in [0.2, 0.25) is 0 Å². The zero-order valence-corrected chi connectivity index (χ0v) is 18.5. The molecule has 4 heterocycles. The van der Waals surface area contributed by atoms with Crippen molar-refractivity contribution in [3.63, 3.8) is 0 Å². The summed E-state index contributed by atoms with van der Waals surface area (Å²) in [4.78, 5) is 24.6. The largest absolute Gasteiger partial charge is 0.497 e. The summed E-state index contributed by atoms with van der Waals surface area (Å²) in [5.41, 5.74) is 1.86. The summed E-state index contributed by atoms with van der Waals surface area (Å²) in [5, 5.41) is 10.6. The molecule has 10 nitrogen and oxygen atoms in total. The highest BCUT2D eigenvalue weighted by molar-refractivity contribution is 7.15. The highest BCUT2D eigenvalue weighted by Crippen LogP contribution is 2.31. The highest BCUT2D eigenvalue weighted by atomic mass is 32.1. The molecule has 1 saturated heterocycles. The predicted molar refractivity (Wildman–Crippen MR) is 119 cm³/mol. The van der Waals surface area contributed by atoms with Crippen LogP contribution in [0.25, 0.3) is 11.4 Å². The first-order chi connectivity index (χ1) is 15.7. The molecule has 0 bridgehead atoms. The molecule has 0 atom stereocenters. The van der Waals surface area contributed by atoms with Crippen LogP contribution in [0.5, 0.6) is 5.75 Å². The van der Waals surface area contributed by atoms with E-state index in [0.29, 0.717) is 43.3 Å². The van der Waals surface area contributed by atoms with E-state index >= 15 is 0 Å². The summed E-state index contributed by atoms with van der Waals surface area (Å²) in [7, 11) is 1.63. The van der Waals surface area contributed by atoms with Gasteiger partial charge in [-0.25, -0.2) is 9.78 Å². The summed E-state index contributed by atoms with van der Waals surface area (Å²) in [5.74, 6) is 1.31. The lowest BCUT2D eigenvalue weighted by molar-refractivity contribution is 0.0806. The molecule has 5 rings (SSSR count). The molecule has 1 fully saturated rings. The van der Waals surface area contributed by atoms with Crippen molar-refractivity contribution in [1.29, 1.82) is 0 Å². The molecular weight excluding hydrogens is 432 g/mol. The van der Waals surface area contributed by atoms with Gasteiger partial charge < -0.3 is 24.2 Å². The van der Waals surface area contributed by atoms with E-state index in [1.165, 1.54) is 11.3 Å². The Morgan fingerprint density at radius 3 is 2.81 bits per heavy atom. The highest BCUT2D eigenvalue weighted by Gasteiger charge is 2.25. The molecule has 0 radical (unpaired) electrons. The van der Waals surface area contributed by atoms with Gasteiger partial charge in [0.2, 0.25) is 5.82 Å². The normalized spacial score (nSPS) is 16.5. The van der Waals surface area contributed by atoms with Crippen molar-refractivity contribution in [2.75, 3.05) is 37.1 Å². The van der Waals surface area contributed by atoms with Gasteiger partial charge in [0.05, 0.1) is 19.3 Å². The number of nitrogens with one attached hydrogen (secondary N) is 2. The third-order valence-electron chi connectivity index (χ3n) is 5.54. The van der Waals surface area contributed by atoms with Crippen LogP contribution in [0.15, 0.2) is 28.8 Å². The number of methoxy groups -OCH3 is 1. The van der Waals surface area contributed by atoms with E-state index < -0.39 is 0 Å². The predicted octanol–water partition coefficient (Wildman–Crippen LogP) is 3.06. The maximum atomic E-state index is 12.3. The summed E-state index contributed by atoms with van der Waals surface area (Å²) in [6.45, 7) is 2.69. The molecule has 0 saturated carbocycles. The van der Waals surface area contributed by atoms with Crippen molar-refractivity contribution in [3.05, 3.63) is 34.8 Å². The van der Waals surface area contributed by atoms with Gasteiger partial charge in [-0.15, -0.1) is 0 Å². The maximum Gasteiger partial charge on any atom is 0.324 e. The number of hydrogen-bond acceptors (Lipinski definition) is 9. The van der Waals surface area contributed by atoms with Crippen molar-refractivity contribution in [1.82, 2.24) is 20.4 Å². The SMILES string of the molecule is COc1ccc(-c2noc(N3CCc4nc(NC(=O)NC5CCOCC5)sc4C3)n2)cc1. The van der Waals surface area contributed by atoms with Crippen LogP contribution in [0.3, 0.4) is 0 Å². The Morgan fingerprint density at radius 2 is 2.03 bits per heavy atom. The van der Waals surface area contributed by atoms with E-state index in [1.807, 2.05) is 29.2 Å². The summed E-state index contributed by atoms with van der Waals surface area (Å²) in [6.07, 6.45) is 2.41. The number of urea groups is 1. The quantitative estimate of drug-likeness (QED) is 0.602. The fourth-order valence-corrected chi connectivity index (χ4v) is 4.79. The van der Waals surface area contributed by atoms with Crippen molar-refractivity contribution in [2.45, 2.75) is 31.8 Å². The molecule has 2 aliphatic heterocycles. The number of ether oxygens (including phenoxy) is 2. The van der Waals surface area contributed by atoms with E-state index in [2.05, 4.69) is 25.8 Å². The van der Waals surface area contributed by atoms with E-state index in [0.717, 1.165) is 41.1 Å².